The van der Waals surface area contributed by atoms with Gasteiger partial charge in [-0.15, -0.1) is 0 Å². The Morgan fingerprint density at radius 1 is 0.958 bits per heavy atom. The van der Waals surface area contributed by atoms with Crippen molar-refractivity contribution in [3.63, 3.8) is 0 Å². The summed E-state index contributed by atoms with van der Waals surface area (Å²) in [5.41, 5.74) is 1.15. The van der Waals surface area contributed by atoms with Crippen molar-refractivity contribution in [1.82, 2.24) is 10.6 Å². The molecule has 3 amide bonds. The predicted molar refractivity (Wildman–Crippen MR) is 91.8 cm³/mol. The second-order valence-electron chi connectivity index (χ2n) is 5.12. The number of carbonyl (C=O) groups excluding carboxylic acids is 3. The summed E-state index contributed by atoms with van der Waals surface area (Å²) >= 11 is 0. The van der Waals surface area contributed by atoms with Gasteiger partial charge in [0.05, 0.1) is 0 Å². The number of nitrogens with one attached hydrogen (secondary N) is 3. The Labute approximate surface area is 142 Å². The van der Waals surface area contributed by atoms with Crippen LogP contribution in [0.2, 0.25) is 0 Å². The Bertz CT molecular complexity index is 543. The first-order valence-electron chi connectivity index (χ1n) is 8.09. The first kappa shape index (κ1) is 19.6. The zero-order valence-corrected chi connectivity index (χ0v) is 14.2. The maximum absolute atomic E-state index is 12.0. The second-order valence-corrected chi connectivity index (χ2v) is 5.12. The predicted octanol–water partition coefficient (Wildman–Crippen LogP) is 1.31. The van der Waals surface area contributed by atoms with Crippen LogP contribution in [0.15, 0.2) is 24.3 Å². The lowest BCUT2D eigenvalue weighted by atomic mass is 10.2. The standard InChI is InChI=1S/C17H25N3O4/c1-3-5-15(21)20-14-8-6-13(7-9-14)17(23)19-11-10-18-16(22)12-24-4-2/h6-9H,3-5,10-12H2,1-2H3,(H,18,22)(H,19,23)(H,20,21). The summed E-state index contributed by atoms with van der Waals surface area (Å²) in [6.07, 6.45) is 1.25. The van der Waals surface area contributed by atoms with Crippen LogP contribution in [0.25, 0.3) is 0 Å². The summed E-state index contributed by atoms with van der Waals surface area (Å²) in [6, 6.07) is 6.66. The van der Waals surface area contributed by atoms with E-state index in [1.165, 1.54) is 0 Å². The summed E-state index contributed by atoms with van der Waals surface area (Å²) in [4.78, 5) is 34.8. The number of carbonyl (C=O) groups is 3. The molecule has 0 saturated heterocycles. The fourth-order valence-electron chi connectivity index (χ4n) is 1.88. The topological polar surface area (TPSA) is 96.5 Å². The molecule has 7 nitrogen and oxygen atoms in total. The van der Waals surface area contributed by atoms with Crippen LogP contribution < -0.4 is 16.0 Å². The van der Waals surface area contributed by atoms with E-state index in [2.05, 4.69) is 16.0 Å². The van der Waals surface area contributed by atoms with Crippen molar-refractivity contribution in [2.24, 2.45) is 0 Å². The average Bonchev–Trinajstić information content (AvgIpc) is 2.57. The van der Waals surface area contributed by atoms with E-state index in [4.69, 9.17) is 4.74 Å². The third-order valence-corrected chi connectivity index (χ3v) is 3.08. The molecule has 0 saturated carbocycles. The Hall–Kier alpha value is -2.41. The lowest BCUT2D eigenvalue weighted by Gasteiger charge is -2.08. The van der Waals surface area contributed by atoms with E-state index in [1.807, 2.05) is 13.8 Å². The monoisotopic (exact) mass is 335 g/mol. The number of amides is 3. The number of ether oxygens (including phenoxy) is 1. The molecule has 0 aliphatic carbocycles. The van der Waals surface area contributed by atoms with E-state index in [1.54, 1.807) is 24.3 Å². The van der Waals surface area contributed by atoms with Crippen LogP contribution >= 0.6 is 0 Å². The Morgan fingerprint density at radius 2 is 1.62 bits per heavy atom. The SMILES string of the molecule is CCCC(=O)Nc1ccc(C(=O)NCCNC(=O)COCC)cc1. The molecule has 0 radical (unpaired) electrons. The molecular weight excluding hydrogens is 310 g/mol. The highest BCUT2D eigenvalue weighted by molar-refractivity contribution is 5.95. The quantitative estimate of drug-likeness (QED) is 0.562. The van der Waals surface area contributed by atoms with Crippen molar-refractivity contribution in [3.8, 4) is 0 Å². The van der Waals surface area contributed by atoms with Crippen LogP contribution in [0.4, 0.5) is 5.69 Å². The van der Waals surface area contributed by atoms with Crippen molar-refractivity contribution in [1.29, 1.82) is 0 Å². The first-order chi connectivity index (χ1) is 11.6. The maximum atomic E-state index is 12.0. The van der Waals surface area contributed by atoms with Crippen LogP contribution in [0.5, 0.6) is 0 Å². The van der Waals surface area contributed by atoms with Gasteiger partial charge in [0.15, 0.2) is 0 Å². The summed E-state index contributed by atoms with van der Waals surface area (Å²) in [5, 5.41) is 8.11. The smallest absolute Gasteiger partial charge is 0.251 e. The molecule has 0 fully saturated rings. The molecule has 1 aromatic rings. The molecule has 1 aromatic carbocycles. The zero-order chi connectivity index (χ0) is 17.8. The van der Waals surface area contributed by atoms with Crippen LogP contribution in [0.3, 0.4) is 0 Å². The van der Waals surface area contributed by atoms with Crippen LogP contribution in [-0.2, 0) is 14.3 Å². The van der Waals surface area contributed by atoms with E-state index in [-0.39, 0.29) is 24.3 Å². The molecule has 0 atom stereocenters. The molecule has 132 valence electrons. The first-order valence-corrected chi connectivity index (χ1v) is 8.09. The number of anilines is 1. The molecule has 24 heavy (non-hydrogen) atoms. The largest absolute Gasteiger partial charge is 0.372 e. The third-order valence-electron chi connectivity index (χ3n) is 3.08. The average molecular weight is 335 g/mol. The molecule has 0 spiro atoms. The maximum Gasteiger partial charge on any atom is 0.251 e. The van der Waals surface area contributed by atoms with Gasteiger partial charge in [0.1, 0.15) is 6.61 Å². The summed E-state index contributed by atoms with van der Waals surface area (Å²) in [7, 11) is 0. The van der Waals surface area contributed by atoms with E-state index in [0.717, 1.165) is 6.42 Å². The van der Waals surface area contributed by atoms with Gasteiger partial charge in [0, 0.05) is 37.4 Å². The summed E-state index contributed by atoms with van der Waals surface area (Å²) in [6.45, 7) is 4.92. The van der Waals surface area contributed by atoms with Gasteiger partial charge >= 0.3 is 0 Å². The molecule has 7 heteroatoms. The second kappa shape index (κ2) is 11.2. The summed E-state index contributed by atoms with van der Waals surface area (Å²) in [5.74, 6) is -0.490. The molecular formula is C17H25N3O4. The molecule has 0 aliphatic heterocycles. The Balaban J connectivity index is 2.32. The van der Waals surface area contributed by atoms with Crippen molar-refractivity contribution in [2.45, 2.75) is 26.7 Å². The van der Waals surface area contributed by atoms with Crippen LogP contribution in [-0.4, -0.2) is 44.0 Å². The van der Waals surface area contributed by atoms with Gasteiger partial charge in [-0.25, -0.2) is 0 Å². The third kappa shape index (κ3) is 7.73. The normalized spacial score (nSPS) is 10.1. The minimum Gasteiger partial charge on any atom is -0.372 e. The van der Waals surface area contributed by atoms with E-state index >= 15 is 0 Å². The van der Waals surface area contributed by atoms with Gasteiger partial charge in [-0.1, -0.05) is 6.92 Å². The molecule has 0 heterocycles. The zero-order valence-electron chi connectivity index (χ0n) is 14.2. The van der Waals surface area contributed by atoms with Crippen molar-refractivity contribution >= 4 is 23.4 Å². The van der Waals surface area contributed by atoms with Gasteiger partial charge in [0.2, 0.25) is 11.8 Å². The molecule has 0 aliphatic rings. The van der Waals surface area contributed by atoms with Crippen LogP contribution in [0.1, 0.15) is 37.0 Å². The molecule has 0 bridgehead atoms. The van der Waals surface area contributed by atoms with E-state index in [9.17, 15) is 14.4 Å². The number of rotatable bonds is 10. The van der Waals surface area contributed by atoms with E-state index < -0.39 is 0 Å². The summed E-state index contributed by atoms with van der Waals surface area (Å²) < 4.78 is 4.97. The van der Waals surface area contributed by atoms with Gasteiger partial charge in [0.25, 0.3) is 5.91 Å². The minimum absolute atomic E-state index is 0.0235. The van der Waals surface area contributed by atoms with Gasteiger partial charge in [-0.2, -0.15) is 0 Å². The minimum atomic E-state index is -0.236. The molecule has 1 rings (SSSR count). The Kier molecular flexibility index (Phi) is 9.14. The number of hydrogen-bond donors (Lipinski definition) is 3. The van der Waals surface area contributed by atoms with Gasteiger partial charge in [-0.3, -0.25) is 14.4 Å². The van der Waals surface area contributed by atoms with E-state index in [0.29, 0.717) is 37.4 Å². The van der Waals surface area contributed by atoms with Crippen molar-refractivity contribution in [3.05, 3.63) is 29.8 Å². The van der Waals surface area contributed by atoms with Crippen LogP contribution in [0, 0.1) is 0 Å². The highest BCUT2D eigenvalue weighted by Gasteiger charge is 2.06. The fraction of sp³-hybridized carbons (Fsp3) is 0.471. The number of hydrogen-bond acceptors (Lipinski definition) is 4. The lowest BCUT2D eigenvalue weighted by molar-refractivity contribution is -0.125. The number of benzene rings is 1. The highest BCUT2D eigenvalue weighted by atomic mass is 16.5. The van der Waals surface area contributed by atoms with Crippen molar-refractivity contribution < 1.29 is 19.1 Å². The Morgan fingerprint density at radius 3 is 2.25 bits per heavy atom. The molecule has 3 N–H and O–H groups in total. The fourth-order valence-corrected chi connectivity index (χ4v) is 1.88. The van der Waals surface area contributed by atoms with Gasteiger partial charge < -0.3 is 20.7 Å². The van der Waals surface area contributed by atoms with Crippen molar-refractivity contribution in [2.75, 3.05) is 31.6 Å². The lowest BCUT2D eigenvalue weighted by Crippen LogP contribution is -2.36. The van der Waals surface area contributed by atoms with Gasteiger partial charge in [-0.05, 0) is 37.6 Å². The molecule has 0 aromatic heterocycles. The molecule has 0 unspecified atom stereocenters. The highest BCUT2D eigenvalue weighted by Crippen LogP contribution is 2.10.